The van der Waals surface area contributed by atoms with Crippen molar-refractivity contribution in [3.05, 3.63) is 34.6 Å². The summed E-state index contributed by atoms with van der Waals surface area (Å²) in [5.41, 5.74) is 0.0791. The third-order valence-electron chi connectivity index (χ3n) is 3.84. The van der Waals surface area contributed by atoms with E-state index in [1.54, 1.807) is 4.90 Å². The Hall–Kier alpha value is -0.840. The summed E-state index contributed by atoms with van der Waals surface area (Å²) in [6, 6.07) is 4.11. The summed E-state index contributed by atoms with van der Waals surface area (Å²) in [6.07, 6.45) is 0. The van der Waals surface area contributed by atoms with Crippen molar-refractivity contribution in [2.24, 2.45) is 11.8 Å². The fraction of sp³-hybridized carbons (Fsp3) is 0.462. The zero-order valence-corrected chi connectivity index (χ0v) is 11.8. The van der Waals surface area contributed by atoms with Crippen LogP contribution in [0.5, 0.6) is 0 Å². The molecule has 0 aromatic heterocycles. The molecule has 3 nitrogen and oxygen atoms in total. The van der Waals surface area contributed by atoms with E-state index >= 15 is 0 Å². The minimum Gasteiger partial charge on any atom is -0.338 e. The van der Waals surface area contributed by atoms with Crippen LogP contribution in [0.1, 0.15) is 10.4 Å². The van der Waals surface area contributed by atoms with Crippen molar-refractivity contribution in [1.29, 1.82) is 0 Å². The highest BCUT2D eigenvalue weighted by atomic mass is 35.5. The summed E-state index contributed by atoms with van der Waals surface area (Å²) in [5.74, 6) is 0.274. The van der Waals surface area contributed by atoms with Gasteiger partial charge in [-0.05, 0) is 30.0 Å². The first-order chi connectivity index (χ1) is 8.65. The van der Waals surface area contributed by atoms with Gasteiger partial charge in [-0.2, -0.15) is 0 Å². The molecule has 2 aliphatic heterocycles. The van der Waals surface area contributed by atoms with Crippen molar-refractivity contribution in [3.63, 3.8) is 0 Å². The summed E-state index contributed by atoms with van der Waals surface area (Å²) < 4.78 is 13.6. The fourth-order valence-electron chi connectivity index (χ4n) is 2.85. The molecule has 1 N–H and O–H groups in total. The lowest BCUT2D eigenvalue weighted by atomic mass is 10.0. The molecule has 2 heterocycles. The van der Waals surface area contributed by atoms with Gasteiger partial charge in [-0.1, -0.05) is 11.6 Å². The van der Waals surface area contributed by atoms with Gasteiger partial charge >= 0.3 is 0 Å². The second kappa shape index (κ2) is 5.65. The third-order valence-corrected chi connectivity index (χ3v) is 4.07. The molecule has 2 aliphatic rings. The molecule has 1 aromatic rings. The summed E-state index contributed by atoms with van der Waals surface area (Å²) in [5, 5.41) is 3.70. The van der Waals surface area contributed by atoms with Gasteiger partial charge in [0.15, 0.2) is 0 Å². The third kappa shape index (κ3) is 2.71. The monoisotopic (exact) mass is 304 g/mol. The summed E-state index contributed by atoms with van der Waals surface area (Å²) in [4.78, 5) is 14.0. The lowest BCUT2D eigenvalue weighted by Gasteiger charge is -2.18. The van der Waals surface area contributed by atoms with E-state index in [-0.39, 0.29) is 23.9 Å². The minimum absolute atomic E-state index is 0. The number of benzene rings is 1. The lowest BCUT2D eigenvalue weighted by Crippen LogP contribution is -2.32. The van der Waals surface area contributed by atoms with Crippen LogP contribution in [0, 0.1) is 17.7 Å². The standard InChI is InChI=1S/C13H14ClFN2O.ClH/c14-10-1-2-12(15)11(3-10)13(18)17-6-8-4-16-5-9(8)7-17;/h1-3,8-9,16H,4-7H2;1H/t8-,9+;. The Kier molecular flexibility index (Phi) is 4.33. The molecule has 0 unspecified atom stereocenters. The Balaban J connectivity index is 0.00000133. The number of nitrogens with one attached hydrogen (secondary N) is 1. The molecule has 2 atom stereocenters. The van der Waals surface area contributed by atoms with Crippen LogP contribution in [0.4, 0.5) is 4.39 Å². The molecule has 19 heavy (non-hydrogen) atoms. The van der Waals surface area contributed by atoms with E-state index in [2.05, 4.69) is 5.32 Å². The number of halogens is 3. The highest BCUT2D eigenvalue weighted by molar-refractivity contribution is 6.31. The Morgan fingerprint density at radius 3 is 2.58 bits per heavy atom. The first-order valence-corrected chi connectivity index (χ1v) is 6.48. The molecular formula is C13H15Cl2FN2O. The molecule has 2 saturated heterocycles. The van der Waals surface area contributed by atoms with Crippen LogP contribution in [0.3, 0.4) is 0 Å². The first-order valence-electron chi connectivity index (χ1n) is 6.10. The molecule has 3 rings (SSSR count). The number of nitrogens with zero attached hydrogens (tertiary/aromatic N) is 1. The minimum atomic E-state index is -0.500. The van der Waals surface area contributed by atoms with Crippen LogP contribution >= 0.6 is 24.0 Å². The fourth-order valence-corrected chi connectivity index (χ4v) is 3.03. The van der Waals surface area contributed by atoms with E-state index in [0.29, 0.717) is 29.9 Å². The summed E-state index contributed by atoms with van der Waals surface area (Å²) >= 11 is 5.82. The van der Waals surface area contributed by atoms with Crippen molar-refractivity contribution < 1.29 is 9.18 Å². The smallest absolute Gasteiger partial charge is 0.256 e. The van der Waals surface area contributed by atoms with E-state index in [9.17, 15) is 9.18 Å². The van der Waals surface area contributed by atoms with E-state index in [0.717, 1.165) is 13.1 Å². The van der Waals surface area contributed by atoms with Gasteiger partial charge in [0.05, 0.1) is 5.56 Å². The molecular weight excluding hydrogens is 290 g/mol. The largest absolute Gasteiger partial charge is 0.338 e. The zero-order chi connectivity index (χ0) is 12.7. The normalized spacial score (nSPS) is 25.1. The second-order valence-corrected chi connectivity index (χ2v) is 5.45. The number of likely N-dealkylation sites (tertiary alicyclic amines) is 1. The van der Waals surface area contributed by atoms with Gasteiger partial charge in [-0.25, -0.2) is 4.39 Å². The maximum Gasteiger partial charge on any atom is 0.256 e. The molecule has 1 aromatic carbocycles. The lowest BCUT2D eigenvalue weighted by molar-refractivity contribution is 0.0777. The van der Waals surface area contributed by atoms with Crippen LogP contribution in [-0.2, 0) is 0 Å². The number of amides is 1. The number of fused-ring (bicyclic) bond motifs is 1. The van der Waals surface area contributed by atoms with Crippen molar-refractivity contribution in [2.75, 3.05) is 26.2 Å². The van der Waals surface area contributed by atoms with E-state index < -0.39 is 5.82 Å². The zero-order valence-electron chi connectivity index (χ0n) is 10.2. The highest BCUT2D eigenvalue weighted by Gasteiger charge is 2.38. The van der Waals surface area contributed by atoms with Crippen LogP contribution in [-0.4, -0.2) is 37.0 Å². The van der Waals surface area contributed by atoms with Crippen LogP contribution in [0.2, 0.25) is 5.02 Å². The van der Waals surface area contributed by atoms with Crippen molar-refractivity contribution >= 4 is 29.9 Å². The summed E-state index contributed by atoms with van der Waals surface area (Å²) in [7, 11) is 0. The number of carbonyl (C=O) groups excluding carboxylic acids is 1. The van der Waals surface area contributed by atoms with Gasteiger partial charge in [0, 0.05) is 31.2 Å². The number of hydrogen-bond donors (Lipinski definition) is 1. The Morgan fingerprint density at radius 1 is 1.32 bits per heavy atom. The summed E-state index contributed by atoms with van der Waals surface area (Å²) in [6.45, 7) is 3.32. The average Bonchev–Trinajstić information content (AvgIpc) is 2.91. The van der Waals surface area contributed by atoms with Crippen LogP contribution in [0.25, 0.3) is 0 Å². The molecule has 104 valence electrons. The van der Waals surface area contributed by atoms with Gasteiger partial charge in [0.2, 0.25) is 0 Å². The van der Waals surface area contributed by atoms with Gasteiger partial charge < -0.3 is 10.2 Å². The van der Waals surface area contributed by atoms with Gasteiger partial charge in [0.25, 0.3) is 5.91 Å². The number of hydrogen-bond acceptors (Lipinski definition) is 2. The van der Waals surface area contributed by atoms with Crippen molar-refractivity contribution in [1.82, 2.24) is 10.2 Å². The molecule has 6 heteroatoms. The molecule has 0 aliphatic carbocycles. The van der Waals surface area contributed by atoms with Gasteiger partial charge in [0.1, 0.15) is 5.82 Å². The number of rotatable bonds is 1. The average molecular weight is 305 g/mol. The Bertz CT molecular complexity index is 486. The molecule has 0 bridgehead atoms. The van der Waals surface area contributed by atoms with E-state index in [4.69, 9.17) is 11.6 Å². The Morgan fingerprint density at radius 2 is 1.95 bits per heavy atom. The quantitative estimate of drug-likeness (QED) is 0.862. The second-order valence-electron chi connectivity index (χ2n) is 5.01. The molecule has 0 spiro atoms. The Labute approximate surface area is 122 Å². The van der Waals surface area contributed by atoms with E-state index in [1.165, 1.54) is 18.2 Å². The topological polar surface area (TPSA) is 32.3 Å². The molecule has 0 saturated carbocycles. The van der Waals surface area contributed by atoms with Crippen LogP contribution < -0.4 is 5.32 Å². The predicted molar refractivity (Wildman–Crippen MR) is 74.4 cm³/mol. The maximum atomic E-state index is 13.6. The van der Waals surface area contributed by atoms with Crippen LogP contribution in [0.15, 0.2) is 18.2 Å². The molecule has 0 radical (unpaired) electrons. The molecule has 1 amide bonds. The highest BCUT2D eigenvalue weighted by Crippen LogP contribution is 2.28. The maximum absolute atomic E-state index is 13.6. The predicted octanol–water partition coefficient (Wildman–Crippen LogP) is 2.19. The van der Waals surface area contributed by atoms with Crippen molar-refractivity contribution in [2.45, 2.75) is 0 Å². The first kappa shape index (κ1) is 14.6. The van der Waals surface area contributed by atoms with E-state index in [1.807, 2.05) is 0 Å². The van der Waals surface area contributed by atoms with Gasteiger partial charge in [-0.3, -0.25) is 4.79 Å². The number of carbonyl (C=O) groups is 1. The van der Waals surface area contributed by atoms with Crippen molar-refractivity contribution in [3.8, 4) is 0 Å². The van der Waals surface area contributed by atoms with Gasteiger partial charge in [-0.15, -0.1) is 12.4 Å². The molecule has 2 fully saturated rings. The SMILES string of the molecule is Cl.O=C(c1cc(Cl)ccc1F)N1C[C@H]2CNC[C@H]2C1.